The van der Waals surface area contributed by atoms with Crippen molar-refractivity contribution in [1.29, 1.82) is 0 Å². The van der Waals surface area contributed by atoms with Gasteiger partial charge in [0.25, 0.3) is 11.8 Å². The second kappa shape index (κ2) is 8.61. The summed E-state index contributed by atoms with van der Waals surface area (Å²) in [6.07, 6.45) is -5.92. The van der Waals surface area contributed by atoms with Crippen molar-refractivity contribution in [3.8, 4) is 5.75 Å². The van der Waals surface area contributed by atoms with Crippen molar-refractivity contribution in [2.45, 2.75) is 25.6 Å². The van der Waals surface area contributed by atoms with E-state index in [1.165, 1.54) is 13.1 Å². The van der Waals surface area contributed by atoms with Gasteiger partial charge in [0.05, 0.1) is 6.42 Å². The Balaban J connectivity index is 2.16. The molecule has 1 heterocycles. The van der Waals surface area contributed by atoms with E-state index in [1.807, 2.05) is 30.3 Å². The first-order chi connectivity index (χ1) is 12.7. The van der Waals surface area contributed by atoms with E-state index in [1.54, 1.807) is 6.92 Å². The SMILES string of the molecule is CNC(=O)c1[nH]c(C(=O)NCCC(F)(F)F)cc1O[C@H](C)c1ccccc1. The fraction of sp³-hybridized carbons (Fsp3) is 0.333. The fourth-order valence-electron chi connectivity index (χ4n) is 2.34. The van der Waals surface area contributed by atoms with Crippen LogP contribution in [0.25, 0.3) is 0 Å². The number of hydrogen-bond acceptors (Lipinski definition) is 3. The van der Waals surface area contributed by atoms with Crippen LogP contribution in [0, 0.1) is 0 Å². The van der Waals surface area contributed by atoms with Gasteiger partial charge in [0.2, 0.25) is 0 Å². The van der Waals surface area contributed by atoms with E-state index in [4.69, 9.17) is 4.74 Å². The lowest BCUT2D eigenvalue weighted by Gasteiger charge is -2.14. The van der Waals surface area contributed by atoms with Crippen molar-refractivity contribution in [3.05, 3.63) is 53.3 Å². The van der Waals surface area contributed by atoms with Crippen LogP contribution in [0.5, 0.6) is 5.75 Å². The Labute approximate surface area is 154 Å². The van der Waals surface area contributed by atoms with Gasteiger partial charge in [-0.05, 0) is 12.5 Å². The van der Waals surface area contributed by atoms with Gasteiger partial charge in [-0.1, -0.05) is 30.3 Å². The van der Waals surface area contributed by atoms with E-state index in [9.17, 15) is 22.8 Å². The lowest BCUT2D eigenvalue weighted by molar-refractivity contribution is -0.133. The molecule has 6 nitrogen and oxygen atoms in total. The summed E-state index contributed by atoms with van der Waals surface area (Å²) in [5, 5.41) is 4.58. The Morgan fingerprint density at radius 3 is 2.44 bits per heavy atom. The number of carbonyl (C=O) groups is 2. The maximum absolute atomic E-state index is 12.2. The number of H-pyrrole nitrogens is 1. The molecule has 0 aliphatic carbocycles. The molecule has 27 heavy (non-hydrogen) atoms. The lowest BCUT2D eigenvalue weighted by atomic mass is 10.1. The zero-order chi connectivity index (χ0) is 20.0. The molecule has 3 N–H and O–H groups in total. The number of halogens is 3. The molecule has 1 atom stereocenters. The second-order valence-corrected chi connectivity index (χ2v) is 5.79. The Morgan fingerprint density at radius 2 is 1.85 bits per heavy atom. The molecule has 2 aromatic rings. The van der Waals surface area contributed by atoms with Crippen LogP contribution in [-0.2, 0) is 0 Å². The van der Waals surface area contributed by atoms with Gasteiger partial charge < -0.3 is 20.4 Å². The highest BCUT2D eigenvalue weighted by Crippen LogP contribution is 2.26. The van der Waals surface area contributed by atoms with E-state index in [0.29, 0.717) is 0 Å². The van der Waals surface area contributed by atoms with Crippen molar-refractivity contribution in [2.75, 3.05) is 13.6 Å². The van der Waals surface area contributed by atoms with Crippen LogP contribution < -0.4 is 15.4 Å². The number of benzene rings is 1. The van der Waals surface area contributed by atoms with E-state index in [2.05, 4.69) is 15.6 Å². The zero-order valence-corrected chi connectivity index (χ0v) is 14.8. The highest BCUT2D eigenvalue weighted by molar-refractivity contribution is 5.99. The molecule has 1 aromatic carbocycles. The molecule has 0 spiro atoms. The maximum atomic E-state index is 12.2. The first-order valence-electron chi connectivity index (χ1n) is 8.23. The van der Waals surface area contributed by atoms with E-state index >= 15 is 0 Å². The zero-order valence-electron chi connectivity index (χ0n) is 14.8. The Bertz CT molecular complexity index is 788. The number of carbonyl (C=O) groups excluding carboxylic acids is 2. The molecule has 0 saturated heterocycles. The third-order valence-electron chi connectivity index (χ3n) is 3.75. The average Bonchev–Trinajstić information content (AvgIpc) is 3.04. The minimum Gasteiger partial charge on any atom is -0.484 e. The van der Waals surface area contributed by atoms with Crippen LogP contribution >= 0.6 is 0 Å². The normalized spacial score (nSPS) is 12.3. The summed E-state index contributed by atoms with van der Waals surface area (Å²) in [6, 6.07) is 10.5. The van der Waals surface area contributed by atoms with Gasteiger partial charge in [0.15, 0.2) is 5.75 Å². The molecular formula is C18H20F3N3O3. The summed E-state index contributed by atoms with van der Waals surface area (Å²) >= 11 is 0. The fourth-order valence-corrected chi connectivity index (χ4v) is 2.34. The van der Waals surface area contributed by atoms with Gasteiger partial charge in [-0.15, -0.1) is 0 Å². The molecule has 0 saturated carbocycles. The number of aromatic nitrogens is 1. The number of alkyl halides is 3. The topological polar surface area (TPSA) is 83.2 Å². The van der Waals surface area contributed by atoms with Gasteiger partial charge in [-0.2, -0.15) is 13.2 Å². The number of ether oxygens (including phenoxy) is 1. The van der Waals surface area contributed by atoms with E-state index in [-0.39, 0.29) is 17.1 Å². The predicted octanol–water partition coefficient (Wildman–Crippen LogP) is 3.20. The Hall–Kier alpha value is -2.97. The molecule has 146 valence electrons. The standard InChI is InChI=1S/C18H20F3N3O3/c1-11(12-6-4-3-5-7-12)27-14-10-13(24-15(14)17(26)22-2)16(25)23-9-8-18(19,20)21/h3-7,10-11,24H,8-9H2,1-2H3,(H,22,26)(H,23,25)/t11-/m1/s1. The molecule has 9 heteroatoms. The summed E-state index contributed by atoms with van der Waals surface area (Å²) in [4.78, 5) is 26.7. The van der Waals surface area contributed by atoms with Crippen molar-refractivity contribution < 1.29 is 27.5 Å². The van der Waals surface area contributed by atoms with Crippen LogP contribution in [-0.4, -0.2) is 36.6 Å². The smallest absolute Gasteiger partial charge is 0.390 e. The number of hydrogen-bond donors (Lipinski definition) is 3. The van der Waals surface area contributed by atoms with Gasteiger partial charge in [-0.3, -0.25) is 9.59 Å². The minimum absolute atomic E-state index is 0.0150. The second-order valence-electron chi connectivity index (χ2n) is 5.79. The maximum Gasteiger partial charge on any atom is 0.390 e. The first kappa shape index (κ1) is 20.3. The van der Waals surface area contributed by atoms with Crippen LogP contribution in [0.15, 0.2) is 36.4 Å². The summed E-state index contributed by atoms with van der Waals surface area (Å²) in [5.41, 5.74) is 0.810. The van der Waals surface area contributed by atoms with Crippen molar-refractivity contribution >= 4 is 11.8 Å². The first-order valence-corrected chi connectivity index (χ1v) is 8.23. The van der Waals surface area contributed by atoms with Crippen LogP contribution in [0.2, 0.25) is 0 Å². The monoisotopic (exact) mass is 383 g/mol. The summed E-state index contributed by atoms with van der Waals surface area (Å²) in [6.45, 7) is 1.21. The molecule has 0 radical (unpaired) electrons. The number of aromatic amines is 1. The number of nitrogens with one attached hydrogen (secondary N) is 3. The summed E-state index contributed by atoms with van der Waals surface area (Å²) < 4.78 is 42.4. The Morgan fingerprint density at radius 1 is 1.19 bits per heavy atom. The third kappa shape index (κ3) is 5.77. The molecule has 2 amide bonds. The van der Waals surface area contributed by atoms with Crippen molar-refractivity contribution in [2.24, 2.45) is 0 Å². The van der Waals surface area contributed by atoms with Gasteiger partial charge in [0, 0.05) is 19.7 Å². The average molecular weight is 383 g/mol. The summed E-state index contributed by atoms with van der Waals surface area (Å²) in [5.74, 6) is -1.14. The minimum atomic E-state index is -4.37. The molecule has 0 aliphatic rings. The molecule has 0 aliphatic heterocycles. The van der Waals surface area contributed by atoms with Gasteiger partial charge in [0.1, 0.15) is 17.5 Å². The third-order valence-corrected chi connectivity index (χ3v) is 3.75. The van der Waals surface area contributed by atoms with Crippen molar-refractivity contribution in [1.82, 2.24) is 15.6 Å². The van der Waals surface area contributed by atoms with Crippen LogP contribution in [0.3, 0.4) is 0 Å². The van der Waals surface area contributed by atoms with Crippen LogP contribution in [0.4, 0.5) is 13.2 Å². The number of amides is 2. The summed E-state index contributed by atoms with van der Waals surface area (Å²) in [7, 11) is 1.41. The largest absolute Gasteiger partial charge is 0.484 e. The molecule has 0 unspecified atom stereocenters. The van der Waals surface area contributed by atoms with Crippen LogP contribution in [0.1, 0.15) is 46.0 Å². The van der Waals surface area contributed by atoms with Gasteiger partial charge in [-0.25, -0.2) is 0 Å². The van der Waals surface area contributed by atoms with E-state index < -0.39 is 37.1 Å². The predicted molar refractivity (Wildman–Crippen MR) is 92.7 cm³/mol. The Kier molecular flexibility index (Phi) is 6.49. The molecular weight excluding hydrogens is 363 g/mol. The quantitative estimate of drug-likeness (QED) is 0.687. The molecule has 1 aromatic heterocycles. The number of rotatable bonds is 7. The molecule has 0 fully saturated rings. The van der Waals surface area contributed by atoms with Crippen molar-refractivity contribution in [3.63, 3.8) is 0 Å². The molecule has 2 rings (SSSR count). The van der Waals surface area contributed by atoms with E-state index in [0.717, 1.165) is 5.56 Å². The highest BCUT2D eigenvalue weighted by Gasteiger charge is 2.27. The molecule has 0 bridgehead atoms. The highest BCUT2D eigenvalue weighted by atomic mass is 19.4. The lowest BCUT2D eigenvalue weighted by Crippen LogP contribution is -2.28. The van der Waals surface area contributed by atoms with Gasteiger partial charge >= 0.3 is 6.18 Å².